The van der Waals surface area contributed by atoms with Gasteiger partial charge in [0.05, 0.1) is 24.0 Å². The first-order valence-corrected chi connectivity index (χ1v) is 6.34. The normalized spacial score (nSPS) is 10.4. The minimum atomic E-state index is -0.367. The van der Waals surface area contributed by atoms with Crippen molar-refractivity contribution in [3.05, 3.63) is 23.8 Å². The van der Waals surface area contributed by atoms with Gasteiger partial charge in [-0.25, -0.2) is 4.79 Å². The maximum atomic E-state index is 11.3. The molecule has 0 aliphatic rings. The van der Waals surface area contributed by atoms with Gasteiger partial charge in [-0.1, -0.05) is 26.7 Å². The Bertz CT molecular complexity index is 401. The molecule has 100 valence electrons. The molecule has 0 saturated heterocycles. The zero-order valence-electron chi connectivity index (χ0n) is 11.3. The lowest BCUT2D eigenvalue weighted by atomic mass is 10.0. The van der Waals surface area contributed by atoms with Crippen LogP contribution in [0.3, 0.4) is 0 Å². The van der Waals surface area contributed by atoms with Crippen LogP contribution in [0.25, 0.3) is 0 Å². The van der Waals surface area contributed by atoms with Crippen LogP contribution >= 0.6 is 0 Å². The van der Waals surface area contributed by atoms with E-state index in [1.165, 1.54) is 7.11 Å². The predicted molar refractivity (Wildman–Crippen MR) is 74.8 cm³/mol. The molecular weight excluding hydrogens is 228 g/mol. The minimum absolute atomic E-state index is 0.367. The Hall–Kier alpha value is -1.71. The molecule has 0 atom stereocenters. The Labute approximate surface area is 109 Å². The van der Waals surface area contributed by atoms with E-state index >= 15 is 0 Å². The summed E-state index contributed by atoms with van der Waals surface area (Å²) in [5, 5.41) is 3.32. The van der Waals surface area contributed by atoms with E-state index in [2.05, 4.69) is 23.9 Å². The van der Waals surface area contributed by atoms with Crippen LogP contribution in [-0.4, -0.2) is 19.6 Å². The lowest BCUT2D eigenvalue weighted by Gasteiger charge is -2.16. The number of hydrogen-bond acceptors (Lipinski definition) is 4. The number of carbonyl (C=O) groups is 1. The largest absolute Gasteiger partial charge is 0.465 e. The van der Waals surface area contributed by atoms with Crippen LogP contribution in [0.4, 0.5) is 11.4 Å². The standard InChI is InChI=1S/C14H22N2O2/c1-4-10(5-2)9-16-13-7-6-11(8-12(13)15)14(17)18-3/h6-8,10,16H,4-5,9,15H2,1-3H3. The van der Waals surface area contributed by atoms with Crippen LogP contribution in [0.15, 0.2) is 18.2 Å². The monoisotopic (exact) mass is 250 g/mol. The molecule has 0 amide bonds. The SMILES string of the molecule is CCC(CC)CNc1ccc(C(=O)OC)cc1N. The molecule has 0 saturated carbocycles. The van der Waals surface area contributed by atoms with Crippen LogP contribution in [-0.2, 0) is 4.74 Å². The predicted octanol–water partition coefficient (Wildman–Crippen LogP) is 2.90. The van der Waals surface area contributed by atoms with Gasteiger partial charge in [0, 0.05) is 6.54 Å². The Morgan fingerprint density at radius 2 is 2.06 bits per heavy atom. The number of rotatable bonds is 6. The zero-order chi connectivity index (χ0) is 13.5. The van der Waals surface area contributed by atoms with Crippen molar-refractivity contribution in [2.75, 3.05) is 24.7 Å². The summed E-state index contributed by atoms with van der Waals surface area (Å²) in [5.74, 6) is 0.276. The van der Waals surface area contributed by atoms with E-state index in [-0.39, 0.29) is 5.97 Å². The van der Waals surface area contributed by atoms with Crippen molar-refractivity contribution in [2.24, 2.45) is 5.92 Å². The highest BCUT2D eigenvalue weighted by Gasteiger charge is 2.09. The molecule has 4 nitrogen and oxygen atoms in total. The highest BCUT2D eigenvalue weighted by atomic mass is 16.5. The average Bonchev–Trinajstić information content (AvgIpc) is 2.40. The summed E-state index contributed by atoms with van der Waals surface area (Å²) in [6.07, 6.45) is 2.29. The molecule has 0 heterocycles. The van der Waals surface area contributed by atoms with Crippen molar-refractivity contribution >= 4 is 17.3 Å². The quantitative estimate of drug-likeness (QED) is 0.602. The molecule has 3 N–H and O–H groups in total. The Kier molecular flexibility index (Phi) is 5.49. The summed E-state index contributed by atoms with van der Waals surface area (Å²) in [6.45, 7) is 5.26. The highest BCUT2D eigenvalue weighted by Crippen LogP contribution is 2.21. The molecule has 1 aromatic rings. The fourth-order valence-electron chi connectivity index (χ4n) is 1.80. The van der Waals surface area contributed by atoms with Gasteiger partial charge in [0.15, 0.2) is 0 Å². The Morgan fingerprint density at radius 1 is 1.39 bits per heavy atom. The smallest absolute Gasteiger partial charge is 0.337 e. The van der Waals surface area contributed by atoms with Gasteiger partial charge in [-0.2, -0.15) is 0 Å². The third-order valence-corrected chi connectivity index (χ3v) is 3.21. The maximum absolute atomic E-state index is 11.3. The number of nitrogens with one attached hydrogen (secondary N) is 1. The van der Waals surface area contributed by atoms with E-state index in [0.717, 1.165) is 25.1 Å². The third kappa shape index (κ3) is 3.65. The molecule has 0 aliphatic carbocycles. The van der Waals surface area contributed by atoms with Gasteiger partial charge >= 0.3 is 5.97 Å². The van der Waals surface area contributed by atoms with Crippen molar-refractivity contribution in [3.63, 3.8) is 0 Å². The van der Waals surface area contributed by atoms with Gasteiger partial charge in [0.25, 0.3) is 0 Å². The second-order valence-electron chi connectivity index (χ2n) is 4.36. The molecule has 0 aromatic heterocycles. The summed E-state index contributed by atoms with van der Waals surface area (Å²) >= 11 is 0. The fourth-order valence-corrected chi connectivity index (χ4v) is 1.80. The summed E-state index contributed by atoms with van der Waals surface area (Å²) in [6, 6.07) is 5.18. The topological polar surface area (TPSA) is 64.3 Å². The number of esters is 1. The summed E-state index contributed by atoms with van der Waals surface area (Å²) in [4.78, 5) is 11.3. The van der Waals surface area contributed by atoms with Gasteiger partial charge in [-0.3, -0.25) is 0 Å². The molecule has 1 rings (SSSR count). The van der Waals surface area contributed by atoms with E-state index < -0.39 is 0 Å². The van der Waals surface area contributed by atoms with Gasteiger partial charge < -0.3 is 15.8 Å². The Balaban J connectivity index is 2.71. The zero-order valence-corrected chi connectivity index (χ0v) is 11.3. The van der Waals surface area contributed by atoms with E-state index in [1.807, 2.05) is 6.07 Å². The van der Waals surface area contributed by atoms with Crippen LogP contribution in [0.1, 0.15) is 37.0 Å². The highest BCUT2D eigenvalue weighted by molar-refractivity contribution is 5.91. The molecule has 0 aliphatic heterocycles. The van der Waals surface area contributed by atoms with Crippen LogP contribution in [0.5, 0.6) is 0 Å². The molecule has 0 unspecified atom stereocenters. The third-order valence-electron chi connectivity index (χ3n) is 3.21. The second-order valence-corrected chi connectivity index (χ2v) is 4.36. The maximum Gasteiger partial charge on any atom is 0.337 e. The van der Waals surface area contributed by atoms with Crippen molar-refractivity contribution in [3.8, 4) is 0 Å². The molecule has 4 heteroatoms. The molecule has 18 heavy (non-hydrogen) atoms. The van der Waals surface area contributed by atoms with Gasteiger partial charge in [0.2, 0.25) is 0 Å². The molecule has 1 aromatic carbocycles. The number of ether oxygens (including phenoxy) is 1. The Morgan fingerprint density at radius 3 is 2.56 bits per heavy atom. The fraction of sp³-hybridized carbons (Fsp3) is 0.500. The van der Waals surface area contributed by atoms with Crippen LogP contribution in [0, 0.1) is 5.92 Å². The molecule has 0 fully saturated rings. The number of nitrogens with two attached hydrogens (primary N) is 1. The average molecular weight is 250 g/mol. The number of benzene rings is 1. The van der Waals surface area contributed by atoms with Crippen molar-refractivity contribution in [1.82, 2.24) is 0 Å². The number of methoxy groups -OCH3 is 1. The molecule has 0 radical (unpaired) electrons. The minimum Gasteiger partial charge on any atom is -0.465 e. The van der Waals surface area contributed by atoms with E-state index in [0.29, 0.717) is 17.2 Å². The van der Waals surface area contributed by atoms with E-state index in [1.54, 1.807) is 12.1 Å². The summed E-state index contributed by atoms with van der Waals surface area (Å²) in [7, 11) is 1.36. The summed E-state index contributed by atoms with van der Waals surface area (Å²) in [5.41, 5.74) is 7.83. The first-order valence-electron chi connectivity index (χ1n) is 6.34. The lowest BCUT2D eigenvalue weighted by molar-refractivity contribution is 0.0601. The van der Waals surface area contributed by atoms with Crippen LogP contribution < -0.4 is 11.1 Å². The van der Waals surface area contributed by atoms with Crippen molar-refractivity contribution < 1.29 is 9.53 Å². The van der Waals surface area contributed by atoms with Gasteiger partial charge in [-0.05, 0) is 24.1 Å². The van der Waals surface area contributed by atoms with Crippen molar-refractivity contribution in [1.29, 1.82) is 0 Å². The lowest BCUT2D eigenvalue weighted by Crippen LogP contribution is -2.14. The van der Waals surface area contributed by atoms with Gasteiger partial charge in [0.1, 0.15) is 0 Å². The second kappa shape index (κ2) is 6.89. The molecule has 0 bridgehead atoms. The van der Waals surface area contributed by atoms with E-state index in [4.69, 9.17) is 5.73 Å². The number of anilines is 2. The van der Waals surface area contributed by atoms with E-state index in [9.17, 15) is 4.79 Å². The first kappa shape index (κ1) is 14.4. The van der Waals surface area contributed by atoms with Gasteiger partial charge in [-0.15, -0.1) is 0 Å². The number of carbonyl (C=O) groups excluding carboxylic acids is 1. The first-order chi connectivity index (χ1) is 8.62. The molecule has 0 spiro atoms. The van der Waals surface area contributed by atoms with Crippen LogP contribution in [0.2, 0.25) is 0 Å². The number of hydrogen-bond donors (Lipinski definition) is 2. The molecular formula is C14H22N2O2. The number of nitrogen functional groups attached to an aromatic ring is 1. The summed E-state index contributed by atoms with van der Waals surface area (Å²) < 4.78 is 4.65. The van der Waals surface area contributed by atoms with Crippen molar-refractivity contribution in [2.45, 2.75) is 26.7 Å².